The van der Waals surface area contributed by atoms with Crippen molar-refractivity contribution in [1.82, 2.24) is 18.9 Å². The third kappa shape index (κ3) is 4.72. The minimum Gasteiger partial charge on any atom is -0.452 e. The summed E-state index contributed by atoms with van der Waals surface area (Å²) >= 11 is 2.43. The van der Waals surface area contributed by atoms with E-state index in [2.05, 4.69) is 24.2 Å². The summed E-state index contributed by atoms with van der Waals surface area (Å²) in [6.07, 6.45) is 1.60. The van der Waals surface area contributed by atoms with Gasteiger partial charge in [-0.1, -0.05) is 11.2 Å². The molecule has 4 aromatic rings. The van der Waals surface area contributed by atoms with Crippen LogP contribution in [0.2, 0.25) is 0 Å². The Kier molecular flexibility index (Phi) is 6.23. The number of fused-ring (bicyclic) bond motifs is 1. The van der Waals surface area contributed by atoms with Crippen LogP contribution in [0.4, 0.5) is 5.69 Å². The molecule has 1 N–H and O–H groups in total. The van der Waals surface area contributed by atoms with E-state index in [-0.39, 0.29) is 5.56 Å². The number of hydrogen-bond acceptors (Lipinski definition) is 10. The molecule has 0 radical (unpaired) electrons. The Labute approximate surface area is 185 Å². The number of esters is 1. The largest absolute Gasteiger partial charge is 0.452 e. The predicted octanol–water partition coefficient (Wildman–Crippen LogP) is 3.78. The average molecular weight is 456 g/mol. The molecular formula is C20H17N5O4S2. The number of nitrogens with zero attached hydrogens (tertiary/aromatic N) is 4. The number of carbonyl (C=O) groups excluding carboxylic acids is 2. The van der Waals surface area contributed by atoms with Gasteiger partial charge in [0.2, 0.25) is 0 Å². The first kappa shape index (κ1) is 20.9. The SMILES string of the molecule is Cc1noc(C)c1CSc1ncccc1C(=O)OCC(=O)Nc1cccc2nsnc12. The number of amides is 1. The molecule has 0 unspecified atom stereocenters. The van der Waals surface area contributed by atoms with Crippen molar-refractivity contribution in [1.29, 1.82) is 0 Å². The quantitative estimate of drug-likeness (QED) is 0.328. The fraction of sp³-hybridized carbons (Fsp3) is 0.200. The van der Waals surface area contributed by atoms with Crippen LogP contribution in [0.3, 0.4) is 0 Å². The number of aromatic nitrogens is 4. The molecule has 0 fully saturated rings. The molecule has 1 amide bonds. The minimum atomic E-state index is -0.627. The van der Waals surface area contributed by atoms with Gasteiger partial charge in [-0.3, -0.25) is 4.79 Å². The van der Waals surface area contributed by atoms with Crippen LogP contribution in [0.5, 0.6) is 0 Å². The lowest BCUT2D eigenvalue weighted by atomic mass is 10.2. The van der Waals surface area contributed by atoms with Crippen LogP contribution in [-0.2, 0) is 15.3 Å². The number of anilines is 1. The van der Waals surface area contributed by atoms with Crippen LogP contribution in [0.25, 0.3) is 11.0 Å². The zero-order chi connectivity index (χ0) is 21.8. The fourth-order valence-corrected chi connectivity index (χ4v) is 4.50. The number of pyridine rings is 1. The van der Waals surface area contributed by atoms with Gasteiger partial charge in [0.25, 0.3) is 5.91 Å². The predicted molar refractivity (Wildman–Crippen MR) is 116 cm³/mol. The Hall–Kier alpha value is -3.31. The second kappa shape index (κ2) is 9.23. The van der Waals surface area contributed by atoms with Crippen LogP contribution in [-0.4, -0.2) is 37.4 Å². The van der Waals surface area contributed by atoms with Crippen molar-refractivity contribution >= 4 is 52.1 Å². The Morgan fingerprint density at radius 2 is 2.06 bits per heavy atom. The summed E-state index contributed by atoms with van der Waals surface area (Å²) in [6, 6.07) is 8.55. The highest BCUT2D eigenvalue weighted by Crippen LogP contribution is 2.27. The highest BCUT2D eigenvalue weighted by molar-refractivity contribution is 7.98. The molecule has 3 heterocycles. The summed E-state index contributed by atoms with van der Waals surface area (Å²) in [5.74, 6) is 0.178. The Morgan fingerprint density at radius 1 is 1.19 bits per heavy atom. The van der Waals surface area contributed by atoms with Crippen LogP contribution in [0.15, 0.2) is 46.1 Å². The Bertz CT molecular complexity index is 1230. The minimum absolute atomic E-state index is 0.290. The normalized spacial score (nSPS) is 10.9. The van der Waals surface area contributed by atoms with Gasteiger partial charge in [-0.15, -0.1) is 11.8 Å². The molecule has 0 saturated heterocycles. The molecule has 0 bridgehead atoms. The number of nitrogens with one attached hydrogen (secondary N) is 1. The zero-order valence-electron chi connectivity index (χ0n) is 16.6. The number of thioether (sulfide) groups is 1. The molecule has 0 aliphatic rings. The number of benzene rings is 1. The van der Waals surface area contributed by atoms with E-state index >= 15 is 0 Å². The summed E-state index contributed by atoms with van der Waals surface area (Å²) in [6.45, 7) is 3.26. The highest BCUT2D eigenvalue weighted by atomic mass is 32.2. The summed E-state index contributed by atoms with van der Waals surface area (Å²) < 4.78 is 18.7. The van der Waals surface area contributed by atoms with Gasteiger partial charge in [0, 0.05) is 17.5 Å². The van der Waals surface area contributed by atoms with Gasteiger partial charge in [0.1, 0.15) is 21.8 Å². The molecule has 0 atom stereocenters. The molecule has 158 valence electrons. The number of carbonyl (C=O) groups is 2. The maximum Gasteiger partial charge on any atom is 0.341 e. The molecule has 1 aromatic carbocycles. The number of rotatable bonds is 7. The summed E-state index contributed by atoms with van der Waals surface area (Å²) in [7, 11) is 0. The zero-order valence-corrected chi connectivity index (χ0v) is 18.2. The van der Waals surface area contributed by atoms with Gasteiger partial charge in [0.15, 0.2) is 6.61 Å². The number of ether oxygens (including phenoxy) is 1. The van der Waals surface area contributed by atoms with E-state index in [1.54, 1.807) is 36.5 Å². The maximum atomic E-state index is 12.6. The molecule has 31 heavy (non-hydrogen) atoms. The first-order valence-electron chi connectivity index (χ1n) is 9.20. The molecule has 9 nitrogen and oxygen atoms in total. The molecule has 4 rings (SSSR count). The second-order valence-electron chi connectivity index (χ2n) is 6.51. The lowest BCUT2D eigenvalue weighted by Gasteiger charge is -2.09. The monoisotopic (exact) mass is 455 g/mol. The molecule has 11 heteroatoms. The molecular weight excluding hydrogens is 438 g/mol. The van der Waals surface area contributed by atoms with Gasteiger partial charge in [0.05, 0.1) is 28.7 Å². The third-order valence-corrected chi connectivity index (χ3v) is 5.99. The molecule has 0 aliphatic carbocycles. The lowest BCUT2D eigenvalue weighted by Crippen LogP contribution is -2.21. The van der Waals surface area contributed by atoms with E-state index in [1.807, 2.05) is 13.8 Å². The highest BCUT2D eigenvalue weighted by Gasteiger charge is 2.18. The summed E-state index contributed by atoms with van der Waals surface area (Å²) in [4.78, 5) is 29.1. The van der Waals surface area contributed by atoms with Crippen molar-refractivity contribution in [3.05, 3.63) is 59.1 Å². The summed E-state index contributed by atoms with van der Waals surface area (Å²) in [5.41, 5.74) is 3.85. The van der Waals surface area contributed by atoms with Gasteiger partial charge >= 0.3 is 5.97 Å². The van der Waals surface area contributed by atoms with Gasteiger partial charge in [-0.25, -0.2) is 9.78 Å². The van der Waals surface area contributed by atoms with Gasteiger partial charge in [-0.2, -0.15) is 8.75 Å². The number of aryl methyl sites for hydroxylation is 2. The van der Waals surface area contributed by atoms with Crippen LogP contribution < -0.4 is 5.32 Å². The van der Waals surface area contributed by atoms with E-state index in [9.17, 15) is 9.59 Å². The van der Waals surface area contributed by atoms with E-state index in [1.165, 1.54) is 11.8 Å². The van der Waals surface area contributed by atoms with Crippen molar-refractivity contribution in [2.45, 2.75) is 24.6 Å². The van der Waals surface area contributed by atoms with Crippen molar-refractivity contribution in [3.63, 3.8) is 0 Å². The number of hydrogen-bond donors (Lipinski definition) is 1. The maximum absolute atomic E-state index is 12.6. The van der Waals surface area contributed by atoms with E-state index in [4.69, 9.17) is 9.26 Å². The smallest absolute Gasteiger partial charge is 0.341 e. The van der Waals surface area contributed by atoms with Gasteiger partial charge in [-0.05, 0) is 38.1 Å². The lowest BCUT2D eigenvalue weighted by molar-refractivity contribution is -0.119. The standard InChI is InChI=1S/C20H17N5O4S2/c1-11-14(12(2)29-23-11)10-30-19-13(5-4-8-21-19)20(27)28-9-17(26)22-15-6-3-7-16-18(15)25-31-24-16/h3-8H,9-10H2,1-2H3,(H,22,26). The second-order valence-corrected chi connectivity index (χ2v) is 8.00. The Balaban J connectivity index is 1.38. The van der Waals surface area contributed by atoms with Crippen molar-refractivity contribution in [3.8, 4) is 0 Å². The molecule has 3 aromatic heterocycles. The van der Waals surface area contributed by atoms with Crippen molar-refractivity contribution in [2.24, 2.45) is 0 Å². The molecule has 0 saturated carbocycles. The summed E-state index contributed by atoms with van der Waals surface area (Å²) in [5, 5.41) is 7.14. The topological polar surface area (TPSA) is 120 Å². The van der Waals surface area contributed by atoms with Crippen LogP contribution in [0.1, 0.15) is 27.4 Å². The first-order chi connectivity index (χ1) is 15.0. The van der Waals surface area contributed by atoms with E-state index in [0.29, 0.717) is 27.5 Å². The van der Waals surface area contributed by atoms with Gasteiger partial charge < -0.3 is 14.6 Å². The van der Waals surface area contributed by atoms with Crippen LogP contribution in [0, 0.1) is 13.8 Å². The molecule has 0 spiro atoms. The van der Waals surface area contributed by atoms with E-state index < -0.39 is 18.5 Å². The van der Waals surface area contributed by atoms with Crippen molar-refractivity contribution in [2.75, 3.05) is 11.9 Å². The molecule has 0 aliphatic heterocycles. The fourth-order valence-electron chi connectivity index (χ4n) is 2.81. The van der Waals surface area contributed by atoms with Crippen molar-refractivity contribution < 1.29 is 18.8 Å². The average Bonchev–Trinajstić information content (AvgIpc) is 3.38. The third-order valence-electron chi connectivity index (χ3n) is 4.42. The van der Waals surface area contributed by atoms with E-state index in [0.717, 1.165) is 28.7 Å². The first-order valence-corrected chi connectivity index (χ1v) is 10.9. The Morgan fingerprint density at radius 3 is 2.87 bits per heavy atom. The van der Waals surface area contributed by atoms with Crippen LogP contribution >= 0.6 is 23.5 Å².